The van der Waals surface area contributed by atoms with Gasteiger partial charge < -0.3 is 5.32 Å². The Morgan fingerprint density at radius 1 is 1.30 bits per heavy atom. The Morgan fingerprint density at radius 3 is 2.65 bits per heavy atom. The molecule has 23 heavy (non-hydrogen) atoms. The van der Waals surface area contributed by atoms with E-state index in [1.165, 1.54) is 6.42 Å². The Balaban J connectivity index is 0.00000192. The Bertz CT molecular complexity index is 529. The van der Waals surface area contributed by atoms with E-state index < -0.39 is 0 Å². The van der Waals surface area contributed by atoms with Gasteiger partial charge >= 0.3 is 0 Å². The Labute approximate surface area is 143 Å². The van der Waals surface area contributed by atoms with Crippen LogP contribution in [0.1, 0.15) is 24.9 Å². The summed E-state index contributed by atoms with van der Waals surface area (Å²) in [5, 5.41) is 14.3. The van der Waals surface area contributed by atoms with Crippen molar-refractivity contribution >= 4 is 18.1 Å². The van der Waals surface area contributed by atoms with Crippen LogP contribution in [0.5, 0.6) is 0 Å². The van der Waals surface area contributed by atoms with Gasteiger partial charge in [0.25, 0.3) is 5.69 Å². The number of piperazine rings is 1. The molecule has 1 aromatic carbocycles. The number of hydrogen-bond acceptors (Lipinski definition) is 5. The molecular formula is C16H25ClN4O2. The molecule has 0 saturated carbocycles. The topological polar surface area (TPSA) is 61.7 Å². The van der Waals surface area contributed by atoms with Crippen LogP contribution < -0.4 is 5.32 Å². The van der Waals surface area contributed by atoms with Gasteiger partial charge in [-0.05, 0) is 25.5 Å². The molecule has 0 bridgehead atoms. The summed E-state index contributed by atoms with van der Waals surface area (Å²) in [5.41, 5.74) is 1.21. The average molecular weight is 341 g/mol. The number of halogens is 1. The van der Waals surface area contributed by atoms with Gasteiger partial charge in [0, 0.05) is 56.9 Å². The van der Waals surface area contributed by atoms with Crippen LogP contribution in [-0.2, 0) is 0 Å². The zero-order valence-electron chi connectivity index (χ0n) is 13.5. The minimum atomic E-state index is -0.318. The lowest BCUT2D eigenvalue weighted by atomic mass is 10.0. The van der Waals surface area contributed by atoms with Crippen LogP contribution in [-0.4, -0.2) is 60.0 Å². The van der Waals surface area contributed by atoms with E-state index in [-0.39, 0.29) is 29.1 Å². The number of rotatable bonds is 4. The number of nitro groups is 1. The number of hydrogen-bond donors (Lipinski definition) is 1. The standard InChI is InChI=1S/C16H24N4O2.ClH/c1-13(14-3-2-4-15(11-14)20(21)22)18-7-9-19(10-8-18)16-5-6-17-12-16;/h2-4,11,13,16-17H,5-10,12H2,1H3;1H. The molecule has 0 radical (unpaired) electrons. The van der Waals surface area contributed by atoms with Gasteiger partial charge in [0.2, 0.25) is 0 Å². The molecule has 2 aliphatic heterocycles. The summed E-state index contributed by atoms with van der Waals surface area (Å²) in [5.74, 6) is 0. The lowest BCUT2D eigenvalue weighted by molar-refractivity contribution is -0.385. The maximum Gasteiger partial charge on any atom is 0.269 e. The van der Waals surface area contributed by atoms with Crippen molar-refractivity contribution in [2.75, 3.05) is 39.3 Å². The van der Waals surface area contributed by atoms with Crippen molar-refractivity contribution in [1.29, 1.82) is 0 Å². The monoisotopic (exact) mass is 340 g/mol. The SMILES string of the molecule is CC(c1cccc([N+](=O)[O-])c1)N1CCN(C2CCNC2)CC1.Cl. The van der Waals surface area contributed by atoms with Crippen LogP contribution in [0.2, 0.25) is 0 Å². The van der Waals surface area contributed by atoms with Crippen LogP contribution in [0, 0.1) is 10.1 Å². The molecule has 128 valence electrons. The third-order valence-corrected chi connectivity index (χ3v) is 5.01. The number of non-ortho nitro benzene ring substituents is 1. The number of nitrogens with one attached hydrogen (secondary N) is 1. The Morgan fingerprint density at radius 2 is 2.04 bits per heavy atom. The molecule has 0 spiro atoms. The molecule has 2 aliphatic rings. The summed E-state index contributed by atoms with van der Waals surface area (Å²) in [6.45, 7) is 8.62. The van der Waals surface area contributed by atoms with Crippen LogP contribution in [0.15, 0.2) is 24.3 Å². The highest BCUT2D eigenvalue weighted by molar-refractivity contribution is 5.85. The summed E-state index contributed by atoms with van der Waals surface area (Å²) in [7, 11) is 0. The molecule has 2 heterocycles. The molecule has 1 N–H and O–H groups in total. The zero-order chi connectivity index (χ0) is 15.5. The summed E-state index contributed by atoms with van der Waals surface area (Å²) >= 11 is 0. The fourth-order valence-corrected chi connectivity index (χ4v) is 3.55. The molecule has 2 fully saturated rings. The van der Waals surface area contributed by atoms with E-state index in [0.29, 0.717) is 6.04 Å². The molecule has 2 unspecified atom stereocenters. The quantitative estimate of drug-likeness (QED) is 0.671. The predicted octanol–water partition coefficient (Wildman–Crippen LogP) is 2.06. The molecule has 0 aliphatic carbocycles. The molecule has 2 atom stereocenters. The van der Waals surface area contributed by atoms with Gasteiger partial charge in [0.15, 0.2) is 0 Å². The van der Waals surface area contributed by atoms with E-state index in [4.69, 9.17) is 0 Å². The highest BCUT2D eigenvalue weighted by Gasteiger charge is 2.28. The molecule has 0 amide bonds. The molecule has 7 heteroatoms. The van der Waals surface area contributed by atoms with Crippen molar-refractivity contribution in [1.82, 2.24) is 15.1 Å². The number of benzene rings is 1. The number of nitrogens with zero attached hydrogens (tertiary/aromatic N) is 3. The summed E-state index contributed by atoms with van der Waals surface area (Å²) in [4.78, 5) is 15.6. The Hall–Kier alpha value is -1.21. The van der Waals surface area contributed by atoms with Crippen molar-refractivity contribution in [3.8, 4) is 0 Å². The van der Waals surface area contributed by atoms with Gasteiger partial charge in [-0.15, -0.1) is 12.4 Å². The highest BCUT2D eigenvalue weighted by atomic mass is 35.5. The largest absolute Gasteiger partial charge is 0.315 e. The highest BCUT2D eigenvalue weighted by Crippen LogP contribution is 2.25. The van der Waals surface area contributed by atoms with E-state index in [9.17, 15) is 10.1 Å². The van der Waals surface area contributed by atoms with Crippen LogP contribution in [0.25, 0.3) is 0 Å². The van der Waals surface area contributed by atoms with E-state index in [2.05, 4.69) is 22.0 Å². The van der Waals surface area contributed by atoms with Crippen LogP contribution in [0.3, 0.4) is 0 Å². The lowest BCUT2D eigenvalue weighted by Crippen LogP contribution is -2.51. The van der Waals surface area contributed by atoms with Crippen molar-refractivity contribution < 1.29 is 4.92 Å². The fourth-order valence-electron chi connectivity index (χ4n) is 3.55. The van der Waals surface area contributed by atoms with Crippen LogP contribution >= 0.6 is 12.4 Å². The minimum absolute atomic E-state index is 0. The third kappa shape index (κ3) is 4.20. The van der Waals surface area contributed by atoms with Crippen molar-refractivity contribution in [2.45, 2.75) is 25.4 Å². The van der Waals surface area contributed by atoms with Gasteiger partial charge in [0.05, 0.1) is 4.92 Å². The average Bonchev–Trinajstić information content (AvgIpc) is 3.09. The van der Waals surface area contributed by atoms with Crippen molar-refractivity contribution in [3.63, 3.8) is 0 Å². The van der Waals surface area contributed by atoms with Gasteiger partial charge in [-0.2, -0.15) is 0 Å². The van der Waals surface area contributed by atoms with Gasteiger partial charge in [0.1, 0.15) is 0 Å². The van der Waals surface area contributed by atoms with E-state index >= 15 is 0 Å². The first-order chi connectivity index (χ1) is 10.6. The third-order valence-electron chi connectivity index (χ3n) is 5.01. The first-order valence-corrected chi connectivity index (χ1v) is 8.08. The maximum absolute atomic E-state index is 10.9. The predicted molar refractivity (Wildman–Crippen MR) is 93.2 cm³/mol. The zero-order valence-corrected chi connectivity index (χ0v) is 14.3. The van der Waals surface area contributed by atoms with Gasteiger partial charge in [-0.1, -0.05) is 12.1 Å². The molecule has 2 saturated heterocycles. The van der Waals surface area contributed by atoms with Crippen molar-refractivity contribution in [3.05, 3.63) is 39.9 Å². The van der Waals surface area contributed by atoms with Crippen LogP contribution in [0.4, 0.5) is 5.69 Å². The second-order valence-electron chi connectivity index (χ2n) is 6.25. The van der Waals surface area contributed by atoms with Gasteiger partial charge in [-0.3, -0.25) is 19.9 Å². The molecule has 1 aromatic rings. The summed E-state index contributed by atoms with van der Waals surface area (Å²) < 4.78 is 0. The van der Waals surface area contributed by atoms with Crippen molar-refractivity contribution in [2.24, 2.45) is 0 Å². The normalized spacial score (nSPS) is 24.1. The molecule has 0 aromatic heterocycles. The molecular weight excluding hydrogens is 316 g/mol. The van der Waals surface area contributed by atoms with E-state index in [0.717, 1.165) is 44.8 Å². The fraction of sp³-hybridized carbons (Fsp3) is 0.625. The van der Waals surface area contributed by atoms with E-state index in [1.807, 2.05) is 6.07 Å². The molecule has 3 rings (SSSR count). The first kappa shape index (κ1) is 18.1. The van der Waals surface area contributed by atoms with E-state index in [1.54, 1.807) is 18.2 Å². The lowest BCUT2D eigenvalue weighted by Gasteiger charge is -2.40. The smallest absolute Gasteiger partial charge is 0.269 e. The second kappa shape index (κ2) is 8.06. The summed E-state index contributed by atoms with van der Waals surface area (Å²) in [6, 6.07) is 7.95. The number of nitro benzene ring substituents is 1. The maximum atomic E-state index is 10.9. The summed E-state index contributed by atoms with van der Waals surface area (Å²) in [6.07, 6.45) is 1.25. The second-order valence-corrected chi connectivity index (χ2v) is 6.25. The van der Waals surface area contributed by atoms with Gasteiger partial charge in [-0.25, -0.2) is 0 Å². The molecule has 6 nitrogen and oxygen atoms in total. The first-order valence-electron chi connectivity index (χ1n) is 8.08. The minimum Gasteiger partial charge on any atom is -0.315 e. The Kier molecular flexibility index (Phi) is 6.35.